The zero-order valence-electron chi connectivity index (χ0n) is 14.4. The van der Waals surface area contributed by atoms with Gasteiger partial charge in [-0.05, 0) is 42.5 Å². The number of ether oxygens (including phenoxy) is 2. The molecule has 0 radical (unpaired) electrons. The second-order valence-corrected chi connectivity index (χ2v) is 7.25. The molecule has 1 atom stereocenters. The van der Waals surface area contributed by atoms with Crippen molar-refractivity contribution >= 4 is 5.91 Å². The number of hydrogen-bond acceptors (Lipinski definition) is 5. The second kappa shape index (κ2) is 6.02. The van der Waals surface area contributed by atoms with E-state index in [1.807, 2.05) is 33.8 Å². The number of carbonyl (C=O) groups excluding carboxylic acids is 1. The number of carbonyl (C=O) groups is 1. The molecule has 136 valence electrons. The fourth-order valence-corrected chi connectivity index (χ4v) is 3.64. The quantitative estimate of drug-likeness (QED) is 0.902. The number of nitrogens with zero attached hydrogens (tertiary/aromatic N) is 3. The predicted octanol–water partition coefficient (Wildman–Crippen LogP) is 1.64. The van der Waals surface area contributed by atoms with E-state index in [9.17, 15) is 9.90 Å². The number of aromatic nitrogens is 2. The van der Waals surface area contributed by atoms with Gasteiger partial charge in [0.05, 0.1) is 30.9 Å². The molecule has 1 N–H and O–H groups in total. The Kier molecular flexibility index (Phi) is 3.63. The van der Waals surface area contributed by atoms with Crippen molar-refractivity contribution in [3.63, 3.8) is 0 Å². The first-order valence-electron chi connectivity index (χ1n) is 9.08. The molecule has 3 heterocycles. The molecule has 7 heteroatoms. The van der Waals surface area contributed by atoms with E-state index in [0.717, 1.165) is 35.5 Å². The largest absolute Gasteiger partial charge is 0.454 e. The third kappa shape index (κ3) is 2.82. The van der Waals surface area contributed by atoms with E-state index >= 15 is 0 Å². The maximum atomic E-state index is 12.7. The Labute approximate surface area is 151 Å². The number of rotatable bonds is 4. The number of benzene rings is 1. The highest BCUT2D eigenvalue weighted by atomic mass is 16.7. The Morgan fingerprint density at radius 1 is 1.23 bits per heavy atom. The maximum absolute atomic E-state index is 12.7. The summed E-state index contributed by atoms with van der Waals surface area (Å²) in [6.45, 7) is 2.07. The number of fused-ring (bicyclic) bond motifs is 2. The molecular weight excluding hydrogens is 334 g/mol. The van der Waals surface area contributed by atoms with E-state index in [4.69, 9.17) is 9.47 Å². The molecule has 7 nitrogen and oxygen atoms in total. The van der Waals surface area contributed by atoms with Crippen LogP contribution >= 0.6 is 0 Å². The Bertz CT molecular complexity index is 858. The third-order valence-corrected chi connectivity index (χ3v) is 5.33. The maximum Gasteiger partial charge on any atom is 0.231 e. The SMILES string of the molecule is O=C(Cc1ccc2c(c1)OCO2)N1CCn2nc(C(O)C3CC3)cc2C1. The van der Waals surface area contributed by atoms with Crippen LogP contribution in [0.5, 0.6) is 11.5 Å². The van der Waals surface area contributed by atoms with Crippen LogP contribution in [0.25, 0.3) is 0 Å². The minimum Gasteiger partial charge on any atom is -0.454 e. The monoisotopic (exact) mass is 355 g/mol. The highest BCUT2D eigenvalue weighted by Crippen LogP contribution is 2.40. The summed E-state index contributed by atoms with van der Waals surface area (Å²) in [5.41, 5.74) is 2.65. The summed E-state index contributed by atoms with van der Waals surface area (Å²) in [6, 6.07) is 7.58. The van der Waals surface area contributed by atoms with E-state index in [1.54, 1.807) is 0 Å². The number of amides is 1. The molecular formula is C19H21N3O4. The molecule has 0 saturated heterocycles. The molecule has 1 aromatic carbocycles. The second-order valence-electron chi connectivity index (χ2n) is 7.25. The van der Waals surface area contributed by atoms with Gasteiger partial charge in [0.25, 0.3) is 0 Å². The van der Waals surface area contributed by atoms with Crippen molar-refractivity contribution in [1.29, 1.82) is 0 Å². The van der Waals surface area contributed by atoms with Crippen molar-refractivity contribution in [3.8, 4) is 11.5 Å². The standard InChI is InChI=1S/C19H21N3O4/c23-18(8-12-1-4-16-17(7-12)26-11-25-16)21-5-6-22-14(10-21)9-15(20-22)19(24)13-2-3-13/h1,4,7,9,13,19,24H,2-3,5-6,8,10-11H2. The van der Waals surface area contributed by atoms with Gasteiger partial charge >= 0.3 is 0 Å². The molecule has 1 unspecified atom stereocenters. The first-order chi connectivity index (χ1) is 12.7. The van der Waals surface area contributed by atoms with Gasteiger partial charge < -0.3 is 19.5 Å². The van der Waals surface area contributed by atoms with E-state index in [-0.39, 0.29) is 12.7 Å². The Morgan fingerprint density at radius 3 is 2.92 bits per heavy atom. The summed E-state index contributed by atoms with van der Waals surface area (Å²) in [6.07, 6.45) is 2.01. The zero-order chi connectivity index (χ0) is 17.7. The molecule has 1 saturated carbocycles. The molecule has 2 aliphatic heterocycles. The first-order valence-corrected chi connectivity index (χ1v) is 9.08. The molecule has 1 amide bonds. The average Bonchev–Trinajstić information content (AvgIpc) is 3.24. The fraction of sp³-hybridized carbons (Fsp3) is 0.474. The topological polar surface area (TPSA) is 76.8 Å². The van der Waals surface area contributed by atoms with Gasteiger partial charge in [0.1, 0.15) is 6.10 Å². The van der Waals surface area contributed by atoms with Gasteiger partial charge in [0, 0.05) is 6.54 Å². The highest BCUT2D eigenvalue weighted by Gasteiger charge is 2.33. The van der Waals surface area contributed by atoms with E-state index in [0.29, 0.717) is 37.7 Å². The van der Waals surface area contributed by atoms with Crippen LogP contribution in [0.3, 0.4) is 0 Å². The molecule has 1 aliphatic carbocycles. The van der Waals surface area contributed by atoms with Crippen LogP contribution in [0.4, 0.5) is 0 Å². The van der Waals surface area contributed by atoms with Crippen molar-refractivity contribution in [2.75, 3.05) is 13.3 Å². The molecule has 1 fully saturated rings. The lowest BCUT2D eigenvalue weighted by Gasteiger charge is -2.27. The summed E-state index contributed by atoms with van der Waals surface area (Å²) < 4.78 is 12.6. The van der Waals surface area contributed by atoms with Crippen molar-refractivity contribution in [2.45, 2.75) is 38.5 Å². The van der Waals surface area contributed by atoms with Crippen LogP contribution in [0.15, 0.2) is 24.3 Å². The third-order valence-electron chi connectivity index (χ3n) is 5.33. The molecule has 5 rings (SSSR count). The summed E-state index contributed by atoms with van der Waals surface area (Å²) in [4.78, 5) is 14.6. The molecule has 3 aliphatic rings. The molecule has 0 bridgehead atoms. The van der Waals surface area contributed by atoms with Crippen molar-refractivity contribution in [2.24, 2.45) is 5.92 Å². The smallest absolute Gasteiger partial charge is 0.231 e. The lowest BCUT2D eigenvalue weighted by atomic mass is 10.1. The molecule has 1 aromatic heterocycles. The van der Waals surface area contributed by atoms with E-state index in [1.165, 1.54) is 0 Å². The van der Waals surface area contributed by atoms with Crippen LogP contribution in [0.1, 0.15) is 35.9 Å². The molecule has 2 aromatic rings. The van der Waals surface area contributed by atoms with Crippen molar-refractivity contribution in [3.05, 3.63) is 41.2 Å². The summed E-state index contributed by atoms with van der Waals surface area (Å²) in [7, 11) is 0. The number of aliphatic hydroxyl groups excluding tert-OH is 1. The van der Waals surface area contributed by atoms with Crippen LogP contribution < -0.4 is 9.47 Å². The fourth-order valence-electron chi connectivity index (χ4n) is 3.64. The van der Waals surface area contributed by atoms with Crippen LogP contribution in [-0.2, 0) is 24.3 Å². The van der Waals surface area contributed by atoms with Gasteiger partial charge in [0.15, 0.2) is 11.5 Å². The minimum absolute atomic E-state index is 0.0839. The van der Waals surface area contributed by atoms with Gasteiger partial charge in [-0.25, -0.2) is 0 Å². The van der Waals surface area contributed by atoms with Crippen molar-refractivity contribution < 1.29 is 19.4 Å². The lowest BCUT2D eigenvalue weighted by molar-refractivity contribution is -0.132. The Morgan fingerprint density at radius 2 is 2.08 bits per heavy atom. The van der Waals surface area contributed by atoms with Crippen LogP contribution in [0, 0.1) is 5.92 Å². The molecule has 26 heavy (non-hydrogen) atoms. The Hall–Kier alpha value is -2.54. The number of aliphatic hydroxyl groups is 1. The van der Waals surface area contributed by atoms with Gasteiger partial charge in [-0.3, -0.25) is 9.48 Å². The van der Waals surface area contributed by atoms with Gasteiger partial charge in [-0.15, -0.1) is 0 Å². The Balaban J connectivity index is 1.27. The summed E-state index contributed by atoms with van der Waals surface area (Å²) in [5, 5.41) is 14.8. The predicted molar refractivity (Wildman–Crippen MR) is 91.6 cm³/mol. The average molecular weight is 355 g/mol. The zero-order valence-corrected chi connectivity index (χ0v) is 14.4. The normalized spacial score (nSPS) is 19.3. The first kappa shape index (κ1) is 15.7. The number of hydrogen-bond donors (Lipinski definition) is 1. The summed E-state index contributed by atoms with van der Waals surface area (Å²) in [5.74, 6) is 1.87. The highest BCUT2D eigenvalue weighted by molar-refractivity contribution is 5.79. The van der Waals surface area contributed by atoms with Crippen LogP contribution in [-0.4, -0.2) is 39.0 Å². The van der Waals surface area contributed by atoms with Gasteiger partial charge in [-0.1, -0.05) is 6.07 Å². The lowest BCUT2D eigenvalue weighted by Crippen LogP contribution is -2.39. The van der Waals surface area contributed by atoms with E-state index in [2.05, 4.69) is 5.10 Å². The minimum atomic E-state index is -0.467. The van der Waals surface area contributed by atoms with Gasteiger partial charge in [0.2, 0.25) is 12.7 Å². The van der Waals surface area contributed by atoms with Crippen LogP contribution in [0.2, 0.25) is 0 Å². The van der Waals surface area contributed by atoms with Crippen molar-refractivity contribution in [1.82, 2.24) is 14.7 Å². The summed E-state index contributed by atoms with van der Waals surface area (Å²) >= 11 is 0. The van der Waals surface area contributed by atoms with E-state index < -0.39 is 6.10 Å². The molecule has 0 spiro atoms. The van der Waals surface area contributed by atoms with Gasteiger partial charge in [-0.2, -0.15) is 5.10 Å².